The van der Waals surface area contributed by atoms with Crippen LogP contribution in [-0.4, -0.2) is 17.1 Å². The SMILES string of the molecule is CC(C)Oc1ccccc1C(=O)NC(=S)Nc1cccc(F)c1. The Morgan fingerprint density at radius 1 is 1.17 bits per heavy atom. The van der Waals surface area contributed by atoms with Crippen molar-refractivity contribution >= 4 is 28.9 Å². The lowest BCUT2D eigenvalue weighted by atomic mass is 10.2. The van der Waals surface area contributed by atoms with Crippen LogP contribution in [0.1, 0.15) is 24.2 Å². The van der Waals surface area contributed by atoms with Gasteiger partial charge in [0.05, 0.1) is 11.7 Å². The molecule has 1 amide bonds. The number of benzene rings is 2. The molecule has 0 fully saturated rings. The van der Waals surface area contributed by atoms with Gasteiger partial charge in [-0.25, -0.2) is 4.39 Å². The molecule has 0 heterocycles. The molecule has 23 heavy (non-hydrogen) atoms. The molecule has 0 aliphatic heterocycles. The van der Waals surface area contributed by atoms with Crippen molar-refractivity contribution in [3.8, 4) is 5.75 Å². The summed E-state index contributed by atoms with van der Waals surface area (Å²) in [5, 5.41) is 5.40. The van der Waals surface area contributed by atoms with Gasteiger partial charge in [0.15, 0.2) is 5.11 Å². The van der Waals surface area contributed by atoms with Gasteiger partial charge in [-0.2, -0.15) is 0 Å². The Kier molecular flexibility index (Phi) is 5.65. The fourth-order valence-corrected chi connectivity index (χ4v) is 2.12. The van der Waals surface area contributed by atoms with E-state index >= 15 is 0 Å². The van der Waals surface area contributed by atoms with E-state index in [4.69, 9.17) is 17.0 Å². The maximum Gasteiger partial charge on any atom is 0.261 e. The third-order valence-electron chi connectivity index (χ3n) is 2.80. The summed E-state index contributed by atoms with van der Waals surface area (Å²) in [4.78, 5) is 12.3. The van der Waals surface area contributed by atoms with Gasteiger partial charge in [-0.3, -0.25) is 10.1 Å². The van der Waals surface area contributed by atoms with E-state index in [-0.39, 0.29) is 17.0 Å². The zero-order valence-corrected chi connectivity index (χ0v) is 13.6. The molecule has 0 radical (unpaired) electrons. The van der Waals surface area contributed by atoms with Gasteiger partial charge in [0, 0.05) is 5.69 Å². The number of hydrogen-bond donors (Lipinski definition) is 2. The summed E-state index contributed by atoms with van der Waals surface area (Å²) in [6.45, 7) is 3.76. The van der Waals surface area contributed by atoms with Gasteiger partial charge in [-0.1, -0.05) is 18.2 Å². The number of anilines is 1. The van der Waals surface area contributed by atoms with Crippen molar-refractivity contribution in [3.05, 3.63) is 59.9 Å². The monoisotopic (exact) mass is 332 g/mol. The molecule has 2 aromatic rings. The van der Waals surface area contributed by atoms with Gasteiger partial charge in [0.25, 0.3) is 5.91 Å². The van der Waals surface area contributed by atoms with Crippen molar-refractivity contribution in [2.45, 2.75) is 20.0 Å². The molecular formula is C17H17FN2O2S. The molecule has 0 aliphatic rings. The Balaban J connectivity index is 2.05. The van der Waals surface area contributed by atoms with Crippen molar-refractivity contribution < 1.29 is 13.9 Å². The third-order valence-corrected chi connectivity index (χ3v) is 3.01. The molecule has 0 saturated heterocycles. The second kappa shape index (κ2) is 7.69. The lowest BCUT2D eigenvalue weighted by molar-refractivity contribution is 0.0972. The van der Waals surface area contributed by atoms with Crippen molar-refractivity contribution in [3.63, 3.8) is 0 Å². The van der Waals surface area contributed by atoms with Crippen LogP contribution in [0.5, 0.6) is 5.75 Å². The average molecular weight is 332 g/mol. The van der Waals surface area contributed by atoms with E-state index in [2.05, 4.69) is 10.6 Å². The van der Waals surface area contributed by atoms with Gasteiger partial charge in [0.1, 0.15) is 11.6 Å². The van der Waals surface area contributed by atoms with Crippen LogP contribution in [0.15, 0.2) is 48.5 Å². The summed E-state index contributed by atoms with van der Waals surface area (Å²) in [6, 6.07) is 12.7. The first-order chi connectivity index (χ1) is 11.0. The van der Waals surface area contributed by atoms with Crippen molar-refractivity contribution in [1.29, 1.82) is 0 Å². The molecule has 0 aromatic heterocycles. The molecule has 6 heteroatoms. The Morgan fingerprint density at radius 3 is 2.61 bits per heavy atom. The number of carbonyl (C=O) groups excluding carboxylic acids is 1. The fourth-order valence-electron chi connectivity index (χ4n) is 1.91. The summed E-state index contributed by atoms with van der Waals surface area (Å²) in [5.41, 5.74) is 0.839. The van der Waals surface area contributed by atoms with E-state index in [0.717, 1.165) is 0 Å². The summed E-state index contributed by atoms with van der Waals surface area (Å²) >= 11 is 5.08. The van der Waals surface area contributed by atoms with E-state index in [1.807, 2.05) is 13.8 Å². The number of halogens is 1. The lowest BCUT2D eigenvalue weighted by Crippen LogP contribution is -2.34. The molecule has 0 unspecified atom stereocenters. The standard InChI is InChI=1S/C17H17FN2O2S/c1-11(2)22-15-9-4-3-8-14(15)16(21)20-17(23)19-13-7-5-6-12(18)10-13/h3-11H,1-2H3,(H2,19,20,21,23). The second-order valence-corrected chi connectivity index (χ2v) is 5.49. The fraction of sp³-hybridized carbons (Fsp3) is 0.176. The Bertz CT molecular complexity index is 719. The van der Waals surface area contributed by atoms with E-state index in [1.54, 1.807) is 36.4 Å². The zero-order valence-electron chi connectivity index (χ0n) is 12.8. The number of para-hydroxylation sites is 1. The smallest absolute Gasteiger partial charge is 0.261 e. The molecule has 0 bridgehead atoms. The van der Waals surface area contributed by atoms with Crippen LogP contribution in [0.2, 0.25) is 0 Å². The number of thiocarbonyl (C=S) groups is 1. The number of carbonyl (C=O) groups is 1. The third kappa shape index (κ3) is 5.03. The first-order valence-electron chi connectivity index (χ1n) is 7.09. The number of amides is 1. The maximum absolute atomic E-state index is 13.1. The largest absolute Gasteiger partial charge is 0.490 e. The molecule has 0 aliphatic carbocycles. The van der Waals surface area contributed by atoms with Crippen LogP contribution in [0, 0.1) is 5.82 Å². The normalized spacial score (nSPS) is 10.3. The Hall–Kier alpha value is -2.47. The van der Waals surface area contributed by atoms with E-state index < -0.39 is 5.91 Å². The van der Waals surface area contributed by atoms with Crippen LogP contribution in [-0.2, 0) is 0 Å². The van der Waals surface area contributed by atoms with E-state index in [9.17, 15) is 9.18 Å². The minimum absolute atomic E-state index is 0.0543. The second-order valence-electron chi connectivity index (χ2n) is 5.08. The van der Waals surface area contributed by atoms with Crippen LogP contribution in [0.25, 0.3) is 0 Å². The van der Waals surface area contributed by atoms with E-state index in [0.29, 0.717) is 17.0 Å². The predicted octanol–water partition coefficient (Wildman–Crippen LogP) is 3.74. The summed E-state index contributed by atoms with van der Waals surface area (Å²) < 4.78 is 18.7. The van der Waals surface area contributed by atoms with Crippen LogP contribution < -0.4 is 15.4 Å². The molecule has 2 aromatic carbocycles. The number of ether oxygens (including phenoxy) is 1. The highest BCUT2D eigenvalue weighted by atomic mass is 32.1. The average Bonchev–Trinajstić information content (AvgIpc) is 2.46. The van der Waals surface area contributed by atoms with Gasteiger partial charge < -0.3 is 10.1 Å². The molecule has 0 spiro atoms. The van der Waals surface area contributed by atoms with Gasteiger partial charge in [-0.15, -0.1) is 0 Å². The summed E-state index contributed by atoms with van der Waals surface area (Å²) in [7, 11) is 0. The highest BCUT2D eigenvalue weighted by Crippen LogP contribution is 2.19. The van der Waals surface area contributed by atoms with Crippen molar-refractivity contribution in [2.24, 2.45) is 0 Å². The first-order valence-corrected chi connectivity index (χ1v) is 7.50. The minimum Gasteiger partial charge on any atom is -0.490 e. The highest BCUT2D eigenvalue weighted by Gasteiger charge is 2.14. The maximum atomic E-state index is 13.1. The predicted molar refractivity (Wildman–Crippen MR) is 92.3 cm³/mol. The minimum atomic E-state index is -0.393. The van der Waals surface area contributed by atoms with Crippen molar-refractivity contribution in [1.82, 2.24) is 5.32 Å². The number of rotatable bonds is 4. The summed E-state index contributed by atoms with van der Waals surface area (Å²) in [5.74, 6) is -0.302. The van der Waals surface area contributed by atoms with Crippen molar-refractivity contribution in [2.75, 3.05) is 5.32 Å². The van der Waals surface area contributed by atoms with Gasteiger partial charge >= 0.3 is 0 Å². The van der Waals surface area contributed by atoms with Crippen LogP contribution in [0.3, 0.4) is 0 Å². The quantitative estimate of drug-likeness (QED) is 0.838. The molecule has 4 nitrogen and oxygen atoms in total. The number of nitrogens with one attached hydrogen (secondary N) is 2. The molecule has 0 atom stereocenters. The zero-order chi connectivity index (χ0) is 16.8. The molecule has 0 saturated carbocycles. The molecule has 2 N–H and O–H groups in total. The molecule has 2 rings (SSSR count). The number of hydrogen-bond acceptors (Lipinski definition) is 3. The highest BCUT2D eigenvalue weighted by molar-refractivity contribution is 7.80. The van der Waals surface area contributed by atoms with E-state index in [1.165, 1.54) is 12.1 Å². The van der Waals surface area contributed by atoms with Gasteiger partial charge in [0.2, 0.25) is 0 Å². The topological polar surface area (TPSA) is 50.4 Å². The molecule has 120 valence electrons. The Labute approximate surface area is 139 Å². The molecular weight excluding hydrogens is 315 g/mol. The lowest BCUT2D eigenvalue weighted by Gasteiger charge is -2.14. The van der Waals surface area contributed by atoms with Crippen LogP contribution >= 0.6 is 12.2 Å². The first kappa shape index (κ1) is 16.9. The van der Waals surface area contributed by atoms with Crippen LogP contribution in [0.4, 0.5) is 10.1 Å². The summed E-state index contributed by atoms with van der Waals surface area (Å²) in [6.07, 6.45) is -0.0543. The Morgan fingerprint density at radius 2 is 1.91 bits per heavy atom. The van der Waals surface area contributed by atoms with Gasteiger partial charge in [-0.05, 0) is 56.4 Å².